The Kier molecular flexibility index (Phi) is 3.36. The number of aromatic nitrogens is 1. The van der Waals surface area contributed by atoms with Crippen molar-refractivity contribution in [3.05, 3.63) is 64.1 Å². The van der Waals surface area contributed by atoms with Crippen LogP contribution in [0.2, 0.25) is 0 Å². The third-order valence-electron chi connectivity index (χ3n) is 2.82. The fourth-order valence-electron chi connectivity index (χ4n) is 1.86. The Morgan fingerprint density at radius 1 is 1.11 bits per heavy atom. The maximum absolute atomic E-state index is 12.2. The van der Waals surface area contributed by atoms with Crippen LogP contribution < -0.4 is 9.67 Å². The van der Waals surface area contributed by atoms with Crippen molar-refractivity contribution < 1.29 is 9.67 Å². The molecular weight excluding hydrogens is 322 g/mol. The van der Waals surface area contributed by atoms with Crippen LogP contribution in [0.4, 0.5) is 0 Å². The van der Waals surface area contributed by atoms with Gasteiger partial charge in [0.2, 0.25) is 11.0 Å². The standard InChI is InChI=1S/C15H10BrNOS/c16-12-7-5-11(6-8-12)14(18)9-17-10-19-15-4-2-1-3-13(15)17/h1-10H/b14-9-. The van der Waals surface area contributed by atoms with E-state index in [1.807, 2.05) is 52.5 Å². The minimum Gasteiger partial charge on any atom is -0.868 e. The van der Waals surface area contributed by atoms with Crippen molar-refractivity contribution in [3.63, 3.8) is 0 Å². The Hall–Kier alpha value is -1.65. The number of hydrogen-bond acceptors (Lipinski definition) is 2. The lowest BCUT2D eigenvalue weighted by atomic mass is 10.2. The normalized spacial score (nSPS) is 11.9. The average molecular weight is 332 g/mol. The first kappa shape index (κ1) is 12.4. The molecule has 94 valence electrons. The first-order valence-electron chi connectivity index (χ1n) is 5.76. The molecule has 0 saturated heterocycles. The number of rotatable bonds is 2. The van der Waals surface area contributed by atoms with E-state index in [0.29, 0.717) is 5.56 Å². The van der Waals surface area contributed by atoms with E-state index in [0.717, 1.165) is 9.99 Å². The molecule has 3 rings (SSSR count). The number of halogens is 1. The summed E-state index contributed by atoms with van der Waals surface area (Å²) < 4.78 is 4.02. The number of benzene rings is 2. The molecule has 3 aromatic rings. The van der Waals surface area contributed by atoms with Gasteiger partial charge in [-0.05, 0) is 29.5 Å². The summed E-state index contributed by atoms with van der Waals surface area (Å²) >= 11 is 4.99. The van der Waals surface area contributed by atoms with Crippen molar-refractivity contribution in [2.24, 2.45) is 0 Å². The van der Waals surface area contributed by atoms with Crippen LogP contribution in [-0.2, 0) is 0 Å². The number of nitrogens with zero attached hydrogens (tertiary/aromatic N) is 1. The second kappa shape index (κ2) is 5.15. The van der Waals surface area contributed by atoms with Crippen LogP contribution in [0.3, 0.4) is 0 Å². The van der Waals surface area contributed by atoms with Gasteiger partial charge < -0.3 is 5.11 Å². The van der Waals surface area contributed by atoms with Crippen molar-refractivity contribution >= 4 is 49.4 Å². The molecule has 0 aliphatic carbocycles. The summed E-state index contributed by atoms with van der Waals surface area (Å²) in [4.78, 5) is 0. The predicted octanol–water partition coefficient (Wildman–Crippen LogP) is 3.27. The maximum atomic E-state index is 12.2. The fraction of sp³-hybridized carbons (Fsp3) is 0. The summed E-state index contributed by atoms with van der Waals surface area (Å²) in [5.41, 5.74) is 3.69. The summed E-state index contributed by atoms with van der Waals surface area (Å²) in [6.45, 7) is 0. The Labute approximate surface area is 123 Å². The third-order valence-corrected chi connectivity index (χ3v) is 4.28. The molecule has 0 atom stereocenters. The third kappa shape index (κ3) is 2.55. The first-order chi connectivity index (χ1) is 9.24. The zero-order valence-corrected chi connectivity index (χ0v) is 12.3. The number of para-hydroxylation sites is 1. The van der Waals surface area contributed by atoms with Gasteiger partial charge in [-0.1, -0.05) is 51.5 Å². The molecule has 1 heterocycles. The van der Waals surface area contributed by atoms with Crippen molar-refractivity contribution in [2.75, 3.05) is 0 Å². The molecule has 0 amide bonds. The van der Waals surface area contributed by atoms with Gasteiger partial charge in [-0.2, -0.15) is 4.57 Å². The molecule has 0 aliphatic rings. The Bertz CT molecular complexity index is 746. The molecule has 0 unspecified atom stereocenters. The Morgan fingerprint density at radius 2 is 1.84 bits per heavy atom. The van der Waals surface area contributed by atoms with Gasteiger partial charge in [0, 0.05) is 10.5 Å². The fourth-order valence-corrected chi connectivity index (χ4v) is 2.97. The zero-order valence-electron chi connectivity index (χ0n) is 9.92. The molecule has 0 radical (unpaired) electrons. The van der Waals surface area contributed by atoms with Crippen molar-refractivity contribution in [1.82, 2.24) is 0 Å². The Morgan fingerprint density at radius 3 is 2.63 bits per heavy atom. The van der Waals surface area contributed by atoms with E-state index in [1.54, 1.807) is 17.5 Å². The SMILES string of the molecule is [O-]/C(=C\[n+]1csc2ccccc21)c1ccc(Br)cc1. The van der Waals surface area contributed by atoms with E-state index >= 15 is 0 Å². The quantitative estimate of drug-likeness (QED) is 0.523. The highest BCUT2D eigenvalue weighted by molar-refractivity contribution is 9.10. The number of thiazole rings is 1. The zero-order chi connectivity index (χ0) is 13.2. The van der Waals surface area contributed by atoms with E-state index in [-0.39, 0.29) is 5.76 Å². The highest BCUT2D eigenvalue weighted by Crippen LogP contribution is 2.17. The molecule has 2 aromatic carbocycles. The van der Waals surface area contributed by atoms with E-state index in [2.05, 4.69) is 22.0 Å². The van der Waals surface area contributed by atoms with Crippen molar-refractivity contribution in [1.29, 1.82) is 0 Å². The van der Waals surface area contributed by atoms with E-state index < -0.39 is 0 Å². The molecule has 1 aromatic heterocycles. The summed E-state index contributed by atoms with van der Waals surface area (Å²) in [7, 11) is 0. The second-order valence-electron chi connectivity index (χ2n) is 4.10. The maximum Gasteiger partial charge on any atom is 0.231 e. The van der Waals surface area contributed by atoms with Crippen molar-refractivity contribution in [2.45, 2.75) is 0 Å². The topological polar surface area (TPSA) is 26.9 Å². The monoisotopic (exact) mass is 331 g/mol. The molecule has 19 heavy (non-hydrogen) atoms. The smallest absolute Gasteiger partial charge is 0.231 e. The second-order valence-corrected chi connectivity index (χ2v) is 5.90. The molecule has 2 nitrogen and oxygen atoms in total. The molecule has 4 heteroatoms. The van der Waals surface area contributed by atoms with E-state index in [4.69, 9.17) is 0 Å². The summed E-state index contributed by atoms with van der Waals surface area (Å²) in [5.74, 6) is 0.000975. The predicted molar refractivity (Wildman–Crippen MR) is 80.3 cm³/mol. The van der Waals surface area contributed by atoms with Crippen molar-refractivity contribution in [3.8, 4) is 0 Å². The molecule has 0 bridgehead atoms. The van der Waals surface area contributed by atoms with Crippen LogP contribution in [0.5, 0.6) is 0 Å². The lowest BCUT2D eigenvalue weighted by Gasteiger charge is -2.08. The van der Waals surface area contributed by atoms with Crippen LogP contribution in [-0.4, -0.2) is 0 Å². The molecule has 0 spiro atoms. The summed E-state index contributed by atoms with van der Waals surface area (Å²) in [6, 6.07) is 15.4. The van der Waals surface area contributed by atoms with Gasteiger partial charge in [0.15, 0.2) is 6.20 Å². The van der Waals surface area contributed by atoms with Crippen LogP contribution in [0, 0.1) is 0 Å². The minimum absolute atomic E-state index is 0.000975. The average Bonchev–Trinajstić information content (AvgIpc) is 2.83. The molecular formula is C15H10BrNOS. The first-order valence-corrected chi connectivity index (χ1v) is 7.43. The van der Waals surface area contributed by atoms with Gasteiger partial charge in [-0.3, -0.25) is 0 Å². The van der Waals surface area contributed by atoms with Gasteiger partial charge >= 0.3 is 0 Å². The van der Waals surface area contributed by atoms with Crippen LogP contribution in [0.25, 0.3) is 22.2 Å². The summed E-state index contributed by atoms with van der Waals surface area (Å²) in [5, 5.41) is 12.2. The molecule has 0 saturated carbocycles. The lowest BCUT2D eigenvalue weighted by Crippen LogP contribution is -2.25. The van der Waals surface area contributed by atoms with Crippen LogP contribution in [0.15, 0.2) is 58.5 Å². The number of fused-ring (bicyclic) bond motifs is 1. The van der Waals surface area contributed by atoms with Crippen LogP contribution >= 0.6 is 27.3 Å². The number of hydrogen-bond donors (Lipinski definition) is 0. The summed E-state index contributed by atoms with van der Waals surface area (Å²) in [6.07, 6.45) is 1.63. The van der Waals surface area contributed by atoms with Gasteiger partial charge in [0.1, 0.15) is 4.70 Å². The highest BCUT2D eigenvalue weighted by atomic mass is 79.9. The lowest BCUT2D eigenvalue weighted by molar-refractivity contribution is -0.535. The van der Waals surface area contributed by atoms with E-state index in [9.17, 15) is 5.11 Å². The van der Waals surface area contributed by atoms with Gasteiger partial charge in [0.25, 0.3) is 0 Å². The molecule has 0 fully saturated rings. The highest BCUT2D eigenvalue weighted by Gasteiger charge is 2.08. The van der Waals surface area contributed by atoms with Gasteiger partial charge in [0.05, 0.1) is 0 Å². The molecule has 0 N–H and O–H groups in total. The Balaban J connectivity index is 2.03. The largest absolute Gasteiger partial charge is 0.868 e. The minimum atomic E-state index is 0.000975. The van der Waals surface area contributed by atoms with Crippen LogP contribution in [0.1, 0.15) is 5.56 Å². The van der Waals surface area contributed by atoms with Gasteiger partial charge in [-0.25, -0.2) is 0 Å². The molecule has 0 aliphatic heterocycles. The van der Waals surface area contributed by atoms with E-state index in [1.165, 1.54) is 4.70 Å². The van der Waals surface area contributed by atoms with Gasteiger partial charge in [-0.15, -0.1) is 0 Å².